The molecule has 2 rings (SSSR count). The van der Waals surface area contributed by atoms with Gasteiger partial charge in [-0.3, -0.25) is 0 Å². The summed E-state index contributed by atoms with van der Waals surface area (Å²) in [7, 11) is 0. The number of benzene rings is 1. The number of carbonyl (C=O) groups is 1. The van der Waals surface area contributed by atoms with E-state index in [1.54, 1.807) is 0 Å². The molecule has 4 nitrogen and oxygen atoms in total. The first kappa shape index (κ1) is 10.3. The van der Waals surface area contributed by atoms with Gasteiger partial charge in [0.15, 0.2) is 5.82 Å². The van der Waals surface area contributed by atoms with Crippen LogP contribution in [0.15, 0.2) is 18.3 Å². The van der Waals surface area contributed by atoms with Gasteiger partial charge in [-0.1, -0.05) is 0 Å². The number of carboxylic acid groups (broad SMARTS) is 1. The van der Waals surface area contributed by atoms with E-state index in [9.17, 15) is 18.7 Å². The Morgan fingerprint density at radius 3 is 2.62 bits per heavy atom. The van der Waals surface area contributed by atoms with E-state index in [1.807, 2.05) is 0 Å². The van der Waals surface area contributed by atoms with Crippen molar-refractivity contribution in [2.45, 2.75) is 0 Å². The first-order chi connectivity index (χ1) is 7.50. The van der Waals surface area contributed by atoms with Crippen molar-refractivity contribution >= 4 is 16.9 Å². The summed E-state index contributed by atoms with van der Waals surface area (Å²) in [6, 6.07) is 1.41. The maximum absolute atomic E-state index is 13.2. The Kier molecular flexibility index (Phi) is 2.19. The van der Waals surface area contributed by atoms with Crippen LogP contribution in [0.3, 0.4) is 0 Å². The molecule has 16 heavy (non-hydrogen) atoms. The number of carboxylic acids is 1. The number of pyridine rings is 1. The summed E-state index contributed by atoms with van der Waals surface area (Å²) in [5.41, 5.74) is -0.861. The first-order valence-electron chi connectivity index (χ1n) is 4.20. The Bertz CT molecular complexity index is 598. The second-order valence-electron chi connectivity index (χ2n) is 3.11. The number of hydrogen-bond acceptors (Lipinski definition) is 3. The van der Waals surface area contributed by atoms with Crippen molar-refractivity contribution in [3.05, 3.63) is 35.5 Å². The number of aromatic hydroxyl groups is 1. The largest absolute Gasteiger partial charge is 0.505 e. The van der Waals surface area contributed by atoms with Crippen LogP contribution in [0.1, 0.15) is 10.4 Å². The van der Waals surface area contributed by atoms with Gasteiger partial charge in [-0.25, -0.2) is 18.6 Å². The van der Waals surface area contributed by atoms with Gasteiger partial charge in [-0.15, -0.1) is 0 Å². The van der Waals surface area contributed by atoms with E-state index in [1.165, 1.54) is 0 Å². The van der Waals surface area contributed by atoms with Crippen LogP contribution in [0.4, 0.5) is 8.78 Å². The molecule has 6 heteroatoms. The van der Waals surface area contributed by atoms with E-state index >= 15 is 0 Å². The number of halogens is 2. The molecule has 0 aliphatic heterocycles. The minimum atomic E-state index is -1.48. The van der Waals surface area contributed by atoms with E-state index in [2.05, 4.69) is 4.98 Å². The summed E-state index contributed by atoms with van der Waals surface area (Å²) in [6.07, 6.45) is 0.812. The molecule has 0 fully saturated rings. The molecular formula is C10H5F2NO3. The average Bonchev–Trinajstić information content (AvgIpc) is 2.15. The zero-order chi connectivity index (χ0) is 11.9. The Morgan fingerprint density at radius 2 is 2.00 bits per heavy atom. The van der Waals surface area contributed by atoms with Crippen LogP contribution in [-0.2, 0) is 0 Å². The van der Waals surface area contributed by atoms with Crippen molar-refractivity contribution in [1.82, 2.24) is 4.98 Å². The van der Waals surface area contributed by atoms with Gasteiger partial charge < -0.3 is 10.2 Å². The summed E-state index contributed by atoms with van der Waals surface area (Å²) in [4.78, 5) is 14.3. The normalized spacial score (nSPS) is 10.6. The van der Waals surface area contributed by atoms with Crippen molar-refractivity contribution in [3.8, 4) is 5.75 Å². The van der Waals surface area contributed by atoms with Gasteiger partial charge in [-0.05, 0) is 6.07 Å². The monoisotopic (exact) mass is 225 g/mol. The van der Waals surface area contributed by atoms with Crippen LogP contribution in [0.2, 0.25) is 0 Å². The molecule has 0 saturated heterocycles. The number of aromatic nitrogens is 1. The molecule has 1 heterocycles. The summed E-state index contributed by atoms with van der Waals surface area (Å²) < 4.78 is 26.2. The van der Waals surface area contributed by atoms with Gasteiger partial charge in [0.25, 0.3) is 0 Å². The van der Waals surface area contributed by atoms with E-state index in [-0.39, 0.29) is 10.9 Å². The van der Waals surface area contributed by atoms with Crippen molar-refractivity contribution in [2.24, 2.45) is 0 Å². The summed E-state index contributed by atoms with van der Waals surface area (Å²) in [6.45, 7) is 0. The predicted molar refractivity (Wildman–Crippen MR) is 50.3 cm³/mol. The molecule has 0 aliphatic carbocycles. The van der Waals surface area contributed by atoms with Gasteiger partial charge in [0.1, 0.15) is 22.6 Å². The molecule has 0 aliphatic rings. The quantitative estimate of drug-likeness (QED) is 0.777. The van der Waals surface area contributed by atoms with Crippen molar-refractivity contribution in [1.29, 1.82) is 0 Å². The van der Waals surface area contributed by atoms with E-state index in [4.69, 9.17) is 5.11 Å². The highest BCUT2D eigenvalue weighted by Gasteiger charge is 2.17. The van der Waals surface area contributed by atoms with Crippen LogP contribution in [0.5, 0.6) is 5.75 Å². The van der Waals surface area contributed by atoms with Crippen LogP contribution in [-0.4, -0.2) is 21.2 Å². The second kappa shape index (κ2) is 3.41. The third kappa shape index (κ3) is 1.44. The van der Waals surface area contributed by atoms with Gasteiger partial charge in [0.2, 0.25) is 0 Å². The molecule has 2 aromatic rings. The summed E-state index contributed by atoms with van der Waals surface area (Å²) in [5.74, 6) is -4.02. The predicted octanol–water partition coefficient (Wildman–Crippen LogP) is 1.92. The summed E-state index contributed by atoms with van der Waals surface area (Å²) >= 11 is 0. The highest BCUT2D eigenvalue weighted by molar-refractivity contribution is 6.04. The lowest BCUT2D eigenvalue weighted by atomic mass is 10.1. The number of fused-ring (bicyclic) bond motifs is 1. The van der Waals surface area contributed by atoms with Gasteiger partial charge in [-0.2, -0.15) is 0 Å². The molecule has 0 unspecified atom stereocenters. The number of aromatic carboxylic acids is 1. The molecule has 2 N–H and O–H groups in total. The lowest BCUT2D eigenvalue weighted by Gasteiger charge is -2.05. The third-order valence-electron chi connectivity index (χ3n) is 2.08. The molecule has 0 saturated carbocycles. The molecule has 0 atom stereocenters. The highest BCUT2D eigenvalue weighted by atomic mass is 19.1. The smallest absolute Gasteiger partial charge is 0.340 e. The van der Waals surface area contributed by atoms with Crippen LogP contribution in [0, 0.1) is 11.6 Å². The number of hydrogen-bond donors (Lipinski definition) is 2. The fraction of sp³-hybridized carbons (Fsp3) is 0. The Labute approximate surface area is 87.8 Å². The molecule has 0 spiro atoms. The maximum Gasteiger partial charge on any atom is 0.340 e. The van der Waals surface area contributed by atoms with Crippen LogP contribution >= 0.6 is 0 Å². The highest BCUT2D eigenvalue weighted by Crippen LogP contribution is 2.27. The van der Waals surface area contributed by atoms with Crippen LogP contribution in [0.25, 0.3) is 10.9 Å². The Morgan fingerprint density at radius 1 is 1.31 bits per heavy atom. The first-order valence-corrected chi connectivity index (χ1v) is 4.20. The van der Waals surface area contributed by atoms with Crippen LogP contribution < -0.4 is 0 Å². The van der Waals surface area contributed by atoms with Crippen molar-refractivity contribution < 1.29 is 23.8 Å². The standard InChI is InChI=1S/C10H5F2NO3/c11-4-1-5-8(10(15)16)7(14)3-13-9(5)6(12)2-4/h1-3,14H,(H,15,16). The SMILES string of the molecule is O=C(O)c1c(O)cnc2c(F)cc(F)cc12. The maximum atomic E-state index is 13.2. The molecule has 1 aromatic heterocycles. The second-order valence-corrected chi connectivity index (χ2v) is 3.11. The van der Waals surface area contributed by atoms with Gasteiger partial charge in [0, 0.05) is 11.5 Å². The zero-order valence-corrected chi connectivity index (χ0v) is 7.74. The minimum absolute atomic E-state index is 0.273. The van der Waals surface area contributed by atoms with Gasteiger partial charge >= 0.3 is 5.97 Å². The average molecular weight is 225 g/mol. The third-order valence-corrected chi connectivity index (χ3v) is 2.08. The Balaban J connectivity index is 2.97. The number of rotatable bonds is 1. The lowest BCUT2D eigenvalue weighted by molar-refractivity contribution is 0.0696. The fourth-order valence-electron chi connectivity index (χ4n) is 1.44. The molecular weight excluding hydrogens is 220 g/mol. The topological polar surface area (TPSA) is 70.4 Å². The fourth-order valence-corrected chi connectivity index (χ4v) is 1.44. The zero-order valence-electron chi connectivity index (χ0n) is 7.74. The van der Waals surface area contributed by atoms with E-state index < -0.39 is 28.9 Å². The van der Waals surface area contributed by atoms with Gasteiger partial charge in [0.05, 0.1) is 6.20 Å². The van der Waals surface area contributed by atoms with Crippen molar-refractivity contribution in [2.75, 3.05) is 0 Å². The molecule has 82 valence electrons. The van der Waals surface area contributed by atoms with Crippen molar-refractivity contribution in [3.63, 3.8) is 0 Å². The molecule has 0 amide bonds. The van der Waals surface area contributed by atoms with E-state index in [0.717, 1.165) is 12.3 Å². The minimum Gasteiger partial charge on any atom is -0.505 e. The van der Waals surface area contributed by atoms with E-state index in [0.29, 0.717) is 6.07 Å². The molecule has 0 radical (unpaired) electrons. The number of nitrogens with zero attached hydrogens (tertiary/aromatic N) is 1. The molecule has 0 bridgehead atoms. The molecule has 1 aromatic carbocycles. The lowest BCUT2D eigenvalue weighted by Crippen LogP contribution is -2.01. The summed E-state index contributed by atoms with van der Waals surface area (Å²) in [5, 5.41) is 17.8. The Hall–Kier alpha value is -2.24.